The van der Waals surface area contributed by atoms with Crippen molar-refractivity contribution in [2.45, 2.75) is 12.6 Å². The number of nitrogens with zero attached hydrogens (tertiary/aromatic N) is 2. The van der Waals surface area contributed by atoms with Crippen molar-refractivity contribution in [1.82, 2.24) is 14.9 Å². The van der Waals surface area contributed by atoms with Gasteiger partial charge in [0, 0.05) is 39.1 Å². The van der Waals surface area contributed by atoms with Crippen LogP contribution < -0.4 is 5.32 Å². The number of hydrogen-bond donors (Lipinski definition) is 2. The van der Waals surface area contributed by atoms with Crippen molar-refractivity contribution in [1.29, 1.82) is 0 Å². The lowest BCUT2D eigenvalue weighted by Crippen LogP contribution is -2.31. The third-order valence-electron chi connectivity index (χ3n) is 1.84. The molecule has 5 heteroatoms. The highest BCUT2D eigenvalue weighted by molar-refractivity contribution is 4.74. The highest BCUT2D eigenvalue weighted by Crippen LogP contribution is 1.85. The topological polar surface area (TPSA) is 59.3 Å². The molecule has 0 aliphatic rings. The highest BCUT2D eigenvalue weighted by atomic mass is 16.5. The van der Waals surface area contributed by atoms with Crippen LogP contribution in [0.5, 0.6) is 0 Å². The molecule has 0 amide bonds. The van der Waals surface area contributed by atoms with Crippen LogP contribution in [0.25, 0.3) is 0 Å². The van der Waals surface area contributed by atoms with Crippen LogP contribution in [0.4, 0.5) is 0 Å². The first-order valence-electron chi connectivity index (χ1n) is 4.66. The summed E-state index contributed by atoms with van der Waals surface area (Å²) < 4.78 is 6.78. The Hall–Kier alpha value is -0.910. The lowest BCUT2D eigenvalue weighted by molar-refractivity contribution is 0.0646. The number of aromatic nitrogens is 2. The van der Waals surface area contributed by atoms with Crippen LogP contribution in [0.2, 0.25) is 0 Å². The Morgan fingerprint density at radius 3 is 3.14 bits per heavy atom. The Morgan fingerprint density at radius 2 is 2.50 bits per heavy atom. The van der Waals surface area contributed by atoms with Crippen molar-refractivity contribution in [2.24, 2.45) is 0 Å². The Labute approximate surface area is 83.7 Å². The number of aliphatic hydroxyl groups is 1. The second-order valence-corrected chi connectivity index (χ2v) is 3.11. The number of nitrogens with one attached hydrogen (secondary N) is 1. The predicted octanol–water partition coefficient (Wildman–Crippen LogP) is -0.520. The summed E-state index contributed by atoms with van der Waals surface area (Å²) in [5.41, 5.74) is 0. The van der Waals surface area contributed by atoms with Gasteiger partial charge in [-0.05, 0) is 0 Å². The maximum absolute atomic E-state index is 9.30. The molecule has 80 valence electrons. The molecule has 0 aromatic carbocycles. The summed E-state index contributed by atoms with van der Waals surface area (Å²) in [5.74, 6) is 0. The zero-order chi connectivity index (χ0) is 10.2. The summed E-state index contributed by atoms with van der Waals surface area (Å²) >= 11 is 0. The summed E-state index contributed by atoms with van der Waals surface area (Å²) in [6.45, 7) is 2.61. The third kappa shape index (κ3) is 4.36. The third-order valence-corrected chi connectivity index (χ3v) is 1.84. The fourth-order valence-electron chi connectivity index (χ4n) is 1.15. The Morgan fingerprint density at radius 1 is 1.64 bits per heavy atom. The molecular formula is C9H17N3O2. The minimum atomic E-state index is -0.428. The molecule has 1 unspecified atom stereocenters. The van der Waals surface area contributed by atoms with E-state index in [2.05, 4.69) is 10.3 Å². The Kier molecular flexibility index (Phi) is 5.21. The number of aliphatic hydroxyl groups excluding tert-OH is 1. The van der Waals surface area contributed by atoms with Gasteiger partial charge in [0.05, 0.1) is 19.0 Å². The van der Waals surface area contributed by atoms with E-state index in [-0.39, 0.29) is 0 Å². The van der Waals surface area contributed by atoms with Crippen LogP contribution in [0, 0.1) is 0 Å². The van der Waals surface area contributed by atoms with Gasteiger partial charge in [0.15, 0.2) is 0 Å². The lowest BCUT2D eigenvalue weighted by atomic mass is 10.4. The Bertz CT molecular complexity index is 226. The summed E-state index contributed by atoms with van der Waals surface area (Å²) in [6.07, 6.45) is 5.00. The second kappa shape index (κ2) is 6.53. The molecule has 1 heterocycles. The molecule has 0 saturated heterocycles. The summed E-state index contributed by atoms with van der Waals surface area (Å²) in [5, 5.41) is 12.4. The van der Waals surface area contributed by atoms with Gasteiger partial charge in [0.1, 0.15) is 0 Å². The van der Waals surface area contributed by atoms with E-state index in [0.717, 1.165) is 13.1 Å². The molecule has 14 heavy (non-hydrogen) atoms. The van der Waals surface area contributed by atoms with Gasteiger partial charge >= 0.3 is 0 Å². The van der Waals surface area contributed by atoms with Crippen molar-refractivity contribution >= 4 is 0 Å². The largest absolute Gasteiger partial charge is 0.389 e. The first kappa shape index (κ1) is 11.2. The summed E-state index contributed by atoms with van der Waals surface area (Å²) in [7, 11) is 1.58. The van der Waals surface area contributed by atoms with Gasteiger partial charge in [-0.15, -0.1) is 0 Å². The molecule has 0 spiro atoms. The zero-order valence-electron chi connectivity index (χ0n) is 8.39. The first-order chi connectivity index (χ1) is 6.83. The number of imidazole rings is 1. The molecule has 0 saturated carbocycles. The molecule has 1 rings (SSSR count). The number of ether oxygens (including phenoxy) is 1. The van der Waals surface area contributed by atoms with Crippen LogP contribution >= 0.6 is 0 Å². The SMILES string of the molecule is COCC(O)CNCCn1ccnc1. The Balaban J connectivity index is 1.99. The van der Waals surface area contributed by atoms with Crippen molar-refractivity contribution in [2.75, 3.05) is 26.8 Å². The minimum Gasteiger partial charge on any atom is -0.389 e. The minimum absolute atomic E-state index is 0.373. The molecule has 1 aromatic rings. The van der Waals surface area contributed by atoms with E-state index in [1.165, 1.54) is 0 Å². The molecular weight excluding hydrogens is 182 g/mol. The maximum atomic E-state index is 9.30. The average molecular weight is 199 g/mol. The van der Waals surface area contributed by atoms with Gasteiger partial charge in [0.2, 0.25) is 0 Å². The van der Waals surface area contributed by atoms with Gasteiger partial charge < -0.3 is 19.7 Å². The van der Waals surface area contributed by atoms with Crippen molar-refractivity contribution in [3.05, 3.63) is 18.7 Å². The van der Waals surface area contributed by atoms with E-state index in [1.54, 1.807) is 19.6 Å². The van der Waals surface area contributed by atoms with Crippen molar-refractivity contribution in [3.63, 3.8) is 0 Å². The van der Waals surface area contributed by atoms with Crippen molar-refractivity contribution < 1.29 is 9.84 Å². The normalized spacial score (nSPS) is 13.0. The number of rotatable bonds is 7. The van der Waals surface area contributed by atoms with Crippen molar-refractivity contribution in [3.8, 4) is 0 Å². The lowest BCUT2D eigenvalue weighted by Gasteiger charge is -2.10. The van der Waals surface area contributed by atoms with Crippen LogP contribution in [-0.2, 0) is 11.3 Å². The molecule has 0 radical (unpaired) electrons. The van der Waals surface area contributed by atoms with Crippen LogP contribution in [0.3, 0.4) is 0 Å². The molecule has 0 bridgehead atoms. The maximum Gasteiger partial charge on any atom is 0.0946 e. The van der Waals surface area contributed by atoms with Crippen LogP contribution in [0.1, 0.15) is 0 Å². The molecule has 5 nitrogen and oxygen atoms in total. The first-order valence-corrected chi connectivity index (χ1v) is 4.66. The van der Waals surface area contributed by atoms with Gasteiger partial charge in [-0.25, -0.2) is 4.98 Å². The molecule has 0 fully saturated rings. The van der Waals surface area contributed by atoms with Gasteiger partial charge in [-0.2, -0.15) is 0 Å². The zero-order valence-corrected chi connectivity index (χ0v) is 8.39. The second-order valence-electron chi connectivity index (χ2n) is 3.11. The fraction of sp³-hybridized carbons (Fsp3) is 0.667. The van der Waals surface area contributed by atoms with E-state index in [0.29, 0.717) is 13.2 Å². The van der Waals surface area contributed by atoms with E-state index >= 15 is 0 Å². The van der Waals surface area contributed by atoms with Crippen LogP contribution in [-0.4, -0.2) is 47.6 Å². The number of hydrogen-bond acceptors (Lipinski definition) is 4. The molecule has 1 atom stereocenters. The smallest absolute Gasteiger partial charge is 0.0946 e. The predicted molar refractivity (Wildman–Crippen MR) is 53.0 cm³/mol. The van der Waals surface area contributed by atoms with E-state index in [1.807, 2.05) is 10.8 Å². The van der Waals surface area contributed by atoms with E-state index < -0.39 is 6.10 Å². The van der Waals surface area contributed by atoms with Crippen LogP contribution in [0.15, 0.2) is 18.7 Å². The molecule has 0 aliphatic heterocycles. The monoisotopic (exact) mass is 199 g/mol. The quantitative estimate of drug-likeness (QED) is 0.580. The molecule has 0 aliphatic carbocycles. The van der Waals surface area contributed by atoms with Gasteiger partial charge in [-0.3, -0.25) is 0 Å². The molecule has 1 aromatic heterocycles. The fourth-order valence-corrected chi connectivity index (χ4v) is 1.15. The average Bonchev–Trinajstić information content (AvgIpc) is 2.65. The van der Waals surface area contributed by atoms with Gasteiger partial charge in [0.25, 0.3) is 0 Å². The summed E-state index contributed by atoms with van der Waals surface area (Å²) in [6, 6.07) is 0. The molecule has 2 N–H and O–H groups in total. The standard InChI is InChI=1S/C9H17N3O2/c1-14-7-9(13)6-10-2-4-12-5-3-11-8-12/h3,5,8-10,13H,2,4,6-7H2,1H3. The van der Waals surface area contributed by atoms with Gasteiger partial charge in [-0.1, -0.05) is 0 Å². The highest BCUT2D eigenvalue weighted by Gasteiger charge is 2.01. The number of methoxy groups -OCH3 is 1. The van der Waals surface area contributed by atoms with E-state index in [9.17, 15) is 5.11 Å². The summed E-state index contributed by atoms with van der Waals surface area (Å²) in [4.78, 5) is 3.93. The van der Waals surface area contributed by atoms with E-state index in [4.69, 9.17) is 4.74 Å².